The summed E-state index contributed by atoms with van der Waals surface area (Å²) in [5, 5.41) is 32.3. The third-order valence-corrected chi connectivity index (χ3v) is 2.05. The molecule has 22 heavy (non-hydrogen) atoms. The number of aliphatic hydroxyl groups is 4. The molecule has 0 radical (unpaired) electrons. The molecule has 0 amide bonds. The molecule has 0 aliphatic heterocycles. The number of hydrogen-bond acceptors (Lipinski definition) is 5. The van der Waals surface area contributed by atoms with Gasteiger partial charge in [0.2, 0.25) is 0 Å². The average Bonchev–Trinajstić information content (AvgIpc) is 2.54. The van der Waals surface area contributed by atoms with E-state index in [-0.39, 0.29) is 0 Å². The molecule has 139 valence electrons. The van der Waals surface area contributed by atoms with Crippen LogP contribution in [0.4, 0.5) is 0 Å². The van der Waals surface area contributed by atoms with Crippen molar-refractivity contribution in [2.45, 2.75) is 79.1 Å². The first-order chi connectivity index (χ1) is 10.7. The SMILES string of the molecule is CCCCO.CCCCO.CCCCO.CCCCO.[O]=[V]. The fourth-order valence-electron chi connectivity index (χ4n) is 0.632. The van der Waals surface area contributed by atoms with Gasteiger partial charge in [-0.05, 0) is 25.7 Å². The molecule has 6 heteroatoms. The van der Waals surface area contributed by atoms with E-state index in [0.29, 0.717) is 26.4 Å². The zero-order valence-corrected chi connectivity index (χ0v) is 16.5. The molecule has 0 atom stereocenters. The monoisotopic (exact) mass is 363 g/mol. The summed E-state index contributed by atoms with van der Waals surface area (Å²) in [6, 6.07) is 0. The molecule has 0 bridgehead atoms. The fraction of sp³-hybridized carbons (Fsp3) is 1.00. The van der Waals surface area contributed by atoms with Gasteiger partial charge in [-0.2, -0.15) is 0 Å². The minimum absolute atomic E-state index is 0.344. The van der Waals surface area contributed by atoms with E-state index in [1.54, 1.807) is 0 Å². The zero-order chi connectivity index (χ0) is 18.5. The first kappa shape index (κ1) is 33.7. The van der Waals surface area contributed by atoms with Gasteiger partial charge in [0, 0.05) is 26.4 Å². The molecule has 0 aromatic rings. The predicted molar refractivity (Wildman–Crippen MR) is 88.7 cm³/mol. The number of aliphatic hydroxyl groups excluding tert-OH is 4. The summed E-state index contributed by atoms with van der Waals surface area (Å²) in [6.07, 6.45) is 8.15. The molecule has 0 rings (SSSR count). The van der Waals surface area contributed by atoms with Gasteiger partial charge in [-0.3, -0.25) is 0 Å². The van der Waals surface area contributed by atoms with Crippen LogP contribution < -0.4 is 0 Å². The number of hydrogen-bond donors (Lipinski definition) is 4. The van der Waals surface area contributed by atoms with Crippen molar-refractivity contribution < 1.29 is 41.5 Å². The van der Waals surface area contributed by atoms with E-state index in [4.69, 9.17) is 24.1 Å². The van der Waals surface area contributed by atoms with Gasteiger partial charge in [0.1, 0.15) is 0 Å². The summed E-state index contributed by atoms with van der Waals surface area (Å²) >= 11 is 1.06. The van der Waals surface area contributed by atoms with Gasteiger partial charge in [0.05, 0.1) is 0 Å². The topological polar surface area (TPSA) is 98.0 Å². The second-order valence-electron chi connectivity index (χ2n) is 4.31. The van der Waals surface area contributed by atoms with Crippen LogP contribution in [0, 0.1) is 0 Å². The molecule has 0 aliphatic carbocycles. The average molecular weight is 363 g/mol. The van der Waals surface area contributed by atoms with E-state index in [9.17, 15) is 0 Å². The molecular formula is C16H40O5V. The molecule has 0 spiro atoms. The molecule has 0 unspecified atom stereocenters. The Labute approximate surface area is 147 Å². The summed E-state index contributed by atoms with van der Waals surface area (Å²) in [5.41, 5.74) is 0. The molecule has 0 aliphatic rings. The molecule has 0 fully saturated rings. The van der Waals surface area contributed by atoms with Gasteiger partial charge in [0.15, 0.2) is 0 Å². The van der Waals surface area contributed by atoms with Crippen molar-refractivity contribution in [1.82, 2.24) is 0 Å². The molecule has 0 aromatic carbocycles. The second kappa shape index (κ2) is 58.1. The summed E-state index contributed by atoms with van der Waals surface area (Å²) < 4.78 is 8.19. The van der Waals surface area contributed by atoms with E-state index in [1.807, 2.05) is 0 Å². The third kappa shape index (κ3) is 111. The third-order valence-electron chi connectivity index (χ3n) is 2.05. The Morgan fingerprint density at radius 2 is 0.636 bits per heavy atom. The van der Waals surface area contributed by atoms with Gasteiger partial charge < -0.3 is 20.4 Å². The van der Waals surface area contributed by atoms with Crippen LogP contribution >= 0.6 is 0 Å². The maximum atomic E-state index is 8.19. The summed E-state index contributed by atoms with van der Waals surface area (Å²) in [6.45, 7) is 9.58. The van der Waals surface area contributed by atoms with Gasteiger partial charge in [-0.25, -0.2) is 0 Å². The molecule has 4 N–H and O–H groups in total. The molecule has 0 heterocycles. The number of rotatable bonds is 8. The van der Waals surface area contributed by atoms with Crippen LogP contribution in [-0.4, -0.2) is 46.9 Å². The fourth-order valence-corrected chi connectivity index (χ4v) is 0.632. The van der Waals surface area contributed by atoms with Gasteiger partial charge in [-0.15, -0.1) is 0 Å². The normalized spacial score (nSPS) is 7.77. The zero-order valence-electron chi connectivity index (χ0n) is 15.1. The summed E-state index contributed by atoms with van der Waals surface area (Å²) in [4.78, 5) is 0. The van der Waals surface area contributed by atoms with Gasteiger partial charge >= 0.3 is 21.0 Å². The van der Waals surface area contributed by atoms with Crippen LogP contribution in [0.15, 0.2) is 0 Å². The van der Waals surface area contributed by atoms with E-state index in [1.165, 1.54) is 0 Å². The molecule has 0 saturated carbocycles. The van der Waals surface area contributed by atoms with Crippen molar-refractivity contribution in [2.75, 3.05) is 26.4 Å². The Kier molecular flexibility index (Phi) is 89.1. The Hall–Kier alpha value is 0.224. The molecule has 0 saturated heterocycles. The van der Waals surface area contributed by atoms with Crippen LogP contribution in [0.1, 0.15) is 79.1 Å². The van der Waals surface area contributed by atoms with Crippen molar-refractivity contribution in [3.05, 3.63) is 0 Å². The first-order valence-electron chi connectivity index (χ1n) is 8.28. The van der Waals surface area contributed by atoms with E-state index in [2.05, 4.69) is 27.7 Å². The Balaban J connectivity index is -0.0000000562. The predicted octanol–water partition coefficient (Wildman–Crippen LogP) is 2.99. The van der Waals surface area contributed by atoms with Crippen LogP contribution in [0.25, 0.3) is 0 Å². The van der Waals surface area contributed by atoms with Crippen LogP contribution in [-0.2, 0) is 21.0 Å². The van der Waals surface area contributed by atoms with Crippen molar-refractivity contribution in [2.24, 2.45) is 0 Å². The van der Waals surface area contributed by atoms with Gasteiger partial charge in [-0.1, -0.05) is 53.4 Å². The van der Waals surface area contributed by atoms with Crippen LogP contribution in [0.2, 0.25) is 0 Å². The van der Waals surface area contributed by atoms with Crippen LogP contribution in [0.3, 0.4) is 0 Å². The maximum absolute atomic E-state index is 8.19. The Morgan fingerprint density at radius 1 is 0.500 bits per heavy atom. The Bertz CT molecular complexity index is 86.7. The van der Waals surface area contributed by atoms with Crippen LogP contribution in [0.5, 0.6) is 0 Å². The van der Waals surface area contributed by atoms with Crippen molar-refractivity contribution in [1.29, 1.82) is 0 Å². The van der Waals surface area contributed by atoms with Crippen molar-refractivity contribution >= 4 is 0 Å². The Morgan fingerprint density at radius 3 is 0.636 bits per heavy atom. The van der Waals surface area contributed by atoms with E-state index in [0.717, 1.165) is 68.7 Å². The van der Waals surface area contributed by atoms with E-state index < -0.39 is 0 Å². The summed E-state index contributed by atoms with van der Waals surface area (Å²) in [7, 11) is 0. The molecular weight excluding hydrogens is 323 g/mol. The first-order valence-corrected chi connectivity index (χ1v) is 8.85. The quantitative estimate of drug-likeness (QED) is 0.531. The van der Waals surface area contributed by atoms with E-state index >= 15 is 0 Å². The standard InChI is InChI=1S/4C4H10O.O.V/c4*1-2-3-4-5;;/h4*5H,2-4H2,1H3;;. The number of unbranched alkanes of at least 4 members (excludes halogenated alkanes) is 4. The van der Waals surface area contributed by atoms with Crippen molar-refractivity contribution in [3.8, 4) is 0 Å². The van der Waals surface area contributed by atoms with Gasteiger partial charge in [0.25, 0.3) is 0 Å². The molecule has 5 nitrogen and oxygen atoms in total. The molecule has 0 aromatic heterocycles. The summed E-state index contributed by atoms with van der Waals surface area (Å²) in [5.74, 6) is 0. The second-order valence-corrected chi connectivity index (χ2v) is 4.31. The van der Waals surface area contributed by atoms with Crippen molar-refractivity contribution in [3.63, 3.8) is 0 Å². The minimum atomic E-state index is 0.344.